The second-order valence-corrected chi connectivity index (χ2v) is 15.0. The van der Waals surface area contributed by atoms with E-state index in [4.69, 9.17) is 14.4 Å². The highest BCUT2D eigenvalue weighted by atomic mass is 16.3. The van der Waals surface area contributed by atoms with Crippen molar-refractivity contribution in [2.24, 2.45) is 0 Å². The smallest absolute Gasteiger partial charge is 0.160 e. The van der Waals surface area contributed by atoms with Gasteiger partial charge in [-0.1, -0.05) is 147 Å². The topological polar surface area (TPSA) is 38.9 Å². The Balaban J connectivity index is 1.05. The molecule has 54 heavy (non-hydrogen) atoms. The largest absolute Gasteiger partial charge is 0.456 e. The monoisotopic (exact) mass is 690 g/mol. The number of aromatic nitrogens is 2. The zero-order chi connectivity index (χ0) is 36.0. The summed E-state index contributed by atoms with van der Waals surface area (Å²) in [5.74, 6) is 0.713. The summed E-state index contributed by atoms with van der Waals surface area (Å²) in [7, 11) is 0. The average molecular weight is 691 g/mol. The lowest BCUT2D eigenvalue weighted by atomic mass is 9.81. The Kier molecular flexibility index (Phi) is 6.60. The molecule has 0 saturated carbocycles. The fraction of sp³-hybridized carbons (Fsp3) is 0.0588. The van der Waals surface area contributed by atoms with E-state index in [1.807, 2.05) is 18.2 Å². The molecule has 0 aliphatic heterocycles. The molecule has 0 amide bonds. The molecule has 11 rings (SSSR count). The molecule has 254 valence electrons. The molecule has 2 heterocycles. The third-order valence-corrected chi connectivity index (χ3v) is 11.5. The molecule has 2 aromatic heterocycles. The number of rotatable bonds is 4. The zero-order valence-electron chi connectivity index (χ0n) is 30.0. The van der Waals surface area contributed by atoms with E-state index in [1.165, 1.54) is 43.8 Å². The van der Waals surface area contributed by atoms with E-state index in [0.717, 1.165) is 61.1 Å². The first-order chi connectivity index (χ1) is 26.5. The van der Waals surface area contributed by atoms with E-state index >= 15 is 0 Å². The highest BCUT2D eigenvalue weighted by molar-refractivity contribution is 6.19. The van der Waals surface area contributed by atoms with Crippen LogP contribution in [0.15, 0.2) is 174 Å². The lowest BCUT2D eigenvalue weighted by molar-refractivity contribution is 0.661. The van der Waals surface area contributed by atoms with Gasteiger partial charge in [0.1, 0.15) is 11.2 Å². The van der Waals surface area contributed by atoms with Crippen LogP contribution in [0.5, 0.6) is 0 Å². The number of furan rings is 1. The summed E-state index contributed by atoms with van der Waals surface area (Å²) in [6.45, 7) is 4.68. The molecule has 0 fully saturated rings. The molecular formula is C51H34N2O. The van der Waals surface area contributed by atoms with Crippen LogP contribution in [0.25, 0.3) is 99.6 Å². The van der Waals surface area contributed by atoms with Crippen LogP contribution >= 0.6 is 0 Å². The van der Waals surface area contributed by atoms with Crippen LogP contribution in [-0.2, 0) is 5.41 Å². The van der Waals surface area contributed by atoms with Gasteiger partial charge < -0.3 is 4.42 Å². The first kappa shape index (κ1) is 30.8. The summed E-state index contributed by atoms with van der Waals surface area (Å²) < 4.78 is 6.29. The lowest BCUT2D eigenvalue weighted by Crippen LogP contribution is -2.14. The van der Waals surface area contributed by atoms with Gasteiger partial charge in [-0.2, -0.15) is 0 Å². The van der Waals surface area contributed by atoms with Crippen LogP contribution < -0.4 is 0 Å². The quantitative estimate of drug-likeness (QED) is 0.184. The predicted molar refractivity (Wildman–Crippen MR) is 224 cm³/mol. The van der Waals surface area contributed by atoms with Gasteiger partial charge in [0, 0.05) is 32.9 Å². The highest BCUT2D eigenvalue weighted by Crippen LogP contribution is 2.53. The predicted octanol–water partition coefficient (Wildman–Crippen LogP) is 13.7. The lowest BCUT2D eigenvalue weighted by Gasteiger charge is -2.22. The standard InChI is InChI=1S/C51H34N2O/c1-51(2)42-18-10-17-39(48(42)40-27-35-14-6-7-15-36(35)29-43(40)51)45-30-44(52-50(53-45)34-12-4-3-5-13-34)33-21-19-31(20-22-33)37-24-25-46-41(28-37)49-38-16-9-8-11-32(38)23-26-47(49)54-46/h3-30H,1-2H3. The van der Waals surface area contributed by atoms with Gasteiger partial charge in [0.15, 0.2) is 5.82 Å². The highest BCUT2D eigenvalue weighted by Gasteiger charge is 2.37. The zero-order valence-corrected chi connectivity index (χ0v) is 30.0. The molecule has 0 atom stereocenters. The van der Waals surface area contributed by atoms with Crippen LogP contribution in [-0.4, -0.2) is 9.97 Å². The third kappa shape index (κ3) is 4.68. The molecule has 8 aromatic carbocycles. The molecule has 0 unspecified atom stereocenters. The Bertz CT molecular complexity index is 3120. The summed E-state index contributed by atoms with van der Waals surface area (Å²) in [5, 5.41) is 7.23. The van der Waals surface area contributed by atoms with Gasteiger partial charge in [-0.05, 0) is 91.3 Å². The first-order valence-corrected chi connectivity index (χ1v) is 18.6. The van der Waals surface area contributed by atoms with Crippen molar-refractivity contribution in [3.63, 3.8) is 0 Å². The maximum Gasteiger partial charge on any atom is 0.160 e. The summed E-state index contributed by atoms with van der Waals surface area (Å²) in [4.78, 5) is 10.5. The Morgan fingerprint density at radius 3 is 1.94 bits per heavy atom. The van der Waals surface area contributed by atoms with Crippen molar-refractivity contribution in [1.82, 2.24) is 9.97 Å². The van der Waals surface area contributed by atoms with E-state index in [0.29, 0.717) is 5.82 Å². The Labute approximate surface area is 313 Å². The van der Waals surface area contributed by atoms with Crippen molar-refractivity contribution >= 4 is 43.5 Å². The molecule has 0 spiro atoms. The minimum Gasteiger partial charge on any atom is -0.456 e. The molecule has 0 bridgehead atoms. The molecule has 1 aliphatic carbocycles. The Morgan fingerprint density at radius 2 is 1.11 bits per heavy atom. The van der Waals surface area contributed by atoms with Gasteiger partial charge in [-0.25, -0.2) is 9.97 Å². The fourth-order valence-corrected chi connectivity index (χ4v) is 8.70. The van der Waals surface area contributed by atoms with Crippen LogP contribution in [0.4, 0.5) is 0 Å². The Hall–Kier alpha value is -6.84. The van der Waals surface area contributed by atoms with Gasteiger partial charge in [-0.3, -0.25) is 0 Å². The number of fused-ring (bicyclic) bond motifs is 9. The van der Waals surface area contributed by atoms with Gasteiger partial charge >= 0.3 is 0 Å². The number of hydrogen-bond donors (Lipinski definition) is 0. The van der Waals surface area contributed by atoms with Crippen LogP contribution in [0.3, 0.4) is 0 Å². The van der Waals surface area contributed by atoms with Crippen molar-refractivity contribution in [3.8, 4) is 56.2 Å². The van der Waals surface area contributed by atoms with Gasteiger partial charge in [0.2, 0.25) is 0 Å². The Morgan fingerprint density at radius 1 is 0.426 bits per heavy atom. The summed E-state index contributed by atoms with van der Waals surface area (Å²) in [6, 6.07) is 60.6. The van der Waals surface area contributed by atoms with Gasteiger partial charge in [0.05, 0.1) is 11.4 Å². The molecule has 1 aliphatic rings. The van der Waals surface area contributed by atoms with E-state index in [1.54, 1.807) is 0 Å². The van der Waals surface area contributed by atoms with Crippen molar-refractivity contribution < 1.29 is 4.42 Å². The molecule has 0 N–H and O–H groups in total. The van der Waals surface area contributed by atoms with Crippen molar-refractivity contribution in [1.29, 1.82) is 0 Å². The van der Waals surface area contributed by atoms with Crippen LogP contribution in [0, 0.1) is 0 Å². The fourth-order valence-electron chi connectivity index (χ4n) is 8.70. The second kappa shape index (κ2) is 11.6. The van der Waals surface area contributed by atoms with Crippen LogP contribution in [0.1, 0.15) is 25.0 Å². The maximum atomic E-state index is 6.29. The number of benzene rings is 8. The molecule has 10 aromatic rings. The second-order valence-electron chi connectivity index (χ2n) is 15.0. The van der Waals surface area contributed by atoms with Gasteiger partial charge in [0.25, 0.3) is 0 Å². The minimum atomic E-state index is -0.141. The maximum absolute atomic E-state index is 6.29. The SMILES string of the molecule is CC1(C)c2cc3ccccc3cc2-c2c(-c3cc(-c4ccc(-c5ccc6oc7ccc8ccccc8c7c6c5)cc4)nc(-c4ccccc4)n3)cccc21. The average Bonchev–Trinajstić information content (AvgIpc) is 3.71. The molecule has 0 radical (unpaired) electrons. The van der Waals surface area contributed by atoms with E-state index < -0.39 is 0 Å². The summed E-state index contributed by atoms with van der Waals surface area (Å²) in [6.07, 6.45) is 0. The van der Waals surface area contributed by atoms with E-state index in [2.05, 4.69) is 166 Å². The minimum absolute atomic E-state index is 0.141. The normalized spacial score (nSPS) is 13.1. The summed E-state index contributed by atoms with van der Waals surface area (Å²) >= 11 is 0. The van der Waals surface area contributed by atoms with Crippen molar-refractivity contribution in [3.05, 3.63) is 181 Å². The third-order valence-electron chi connectivity index (χ3n) is 11.5. The van der Waals surface area contributed by atoms with E-state index in [-0.39, 0.29) is 5.41 Å². The molecule has 3 nitrogen and oxygen atoms in total. The molecule has 0 saturated heterocycles. The van der Waals surface area contributed by atoms with Gasteiger partial charge in [-0.15, -0.1) is 0 Å². The first-order valence-electron chi connectivity index (χ1n) is 18.6. The van der Waals surface area contributed by atoms with E-state index in [9.17, 15) is 0 Å². The summed E-state index contributed by atoms with van der Waals surface area (Å²) in [5.41, 5.74) is 14.1. The van der Waals surface area contributed by atoms with Crippen molar-refractivity contribution in [2.45, 2.75) is 19.3 Å². The van der Waals surface area contributed by atoms with Crippen molar-refractivity contribution in [2.75, 3.05) is 0 Å². The number of hydrogen-bond acceptors (Lipinski definition) is 3. The number of nitrogens with zero attached hydrogens (tertiary/aromatic N) is 2. The molecular weight excluding hydrogens is 657 g/mol. The van der Waals surface area contributed by atoms with Crippen LogP contribution in [0.2, 0.25) is 0 Å². The molecule has 3 heteroatoms.